The molecule has 0 bridgehead atoms. The Bertz CT molecular complexity index is 450. The number of carbonyl (C=O) groups is 1. The molecule has 0 saturated heterocycles. The average molecular weight is 299 g/mol. The summed E-state index contributed by atoms with van der Waals surface area (Å²) in [6, 6.07) is 7.44. The molecule has 0 N–H and O–H groups in total. The van der Waals surface area contributed by atoms with Gasteiger partial charge in [0.25, 0.3) is 0 Å². The summed E-state index contributed by atoms with van der Waals surface area (Å²) in [5.74, 6) is 0.0814. The summed E-state index contributed by atoms with van der Waals surface area (Å²) in [6.45, 7) is 11.0. The van der Waals surface area contributed by atoms with Gasteiger partial charge in [0.1, 0.15) is 0 Å². The number of benzene rings is 1. The van der Waals surface area contributed by atoms with Crippen LogP contribution in [0.5, 0.6) is 0 Å². The number of Topliss-reactive ketones (excluding diaryl/α,β-unsaturated/α-hetero) is 1. The van der Waals surface area contributed by atoms with Crippen LogP contribution in [0.25, 0.3) is 0 Å². The molecule has 0 aliphatic rings. The highest BCUT2D eigenvalue weighted by atomic mass is 35.5. The van der Waals surface area contributed by atoms with Crippen LogP contribution in [0.15, 0.2) is 24.3 Å². The summed E-state index contributed by atoms with van der Waals surface area (Å²) in [7, 11) is -1.85. The maximum absolute atomic E-state index is 12.0. The first-order chi connectivity index (χ1) is 8.63. The molecule has 0 unspecified atom stereocenters. The summed E-state index contributed by atoms with van der Waals surface area (Å²) in [5, 5.41) is 0.765. The minimum absolute atomic E-state index is 0.0814. The van der Waals surface area contributed by atoms with Gasteiger partial charge in [-0.05, 0) is 29.8 Å². The van der Waals surface area contributed by atoms with Crippen molar-refractivity contribution in [1.29, 1.82) is 0 Å². The van der Waals surface area contributed by atoms with E-state index in [1.54, 1.807) is 6.07 Å². The zero-order valence-corrected chi connectivity index (χ0v) is 14.2. The Morgan fingerprint density at radius 3 is 2.37 bits per heavy atom. The average Bonchev–Trinajstić information content (AvgIpc) is 2.28. The van der Waals surface area contributed by atoms with Gasteiger partial charge < -0.3 is 4.43 Å². The van der Waals surface area contributed by atoms with Gasteiger partial charge in [0.05, 0.1) is 6.61 Å². The molecule has 0 fully saturated rings. The Morgan fingerprint density at radius 2 is 1.84 bits per heavy atom. The minimum atomic E-state index is -1.85. The molecule has 0 atom stereocenters. The Labute approximate surface area is 122 Å². The quantitative estimate of drug-likeness (QED) is 0.750. The SMILES string of the molecule is CC(C)(C)[Si](C)(C)OCC(=O)Cc1ccccc1Cl. The van der Waals surface area contributed by atoms with E-state index in [0.29, 0.717) is 11.4 Å². The van der Waals surface area contributed by atoms with Gasteiger partial charge in [-0.15, -0.1) is 0 Å². The highest BCUT2D eigenvalue weighted by Crippen LogP contribution is 2.36. The lowest BCUT2D eigenvalue weighted by molar-refractivity contribution is -0.120. The van der Waals surface area contributed by atoms with Gasteiger partial charge in [-0.3, -0.25) is 4.79 Å². The van der Waals surface area contributed by atoms with Crippen LogP contribution in [0.1, 0.15) is 26.3 Å². The highest BCUT2D eigenvalue weighted by molar-refractivity contribution is 6.74. The van der Waals surface area contributed by atoms with Crippen molar-refractivity contribution in [3.05, 3.63) is 34.9 Å². The van der Waals surface area contributed by atoms with Crippen LogP contribution in [-0.2, 0) is 15.6 Å². The second-order valence-corrected chi connectivity index (χ2v) is 11.6. The predicted octanol–water partition coefficient (Wildman–Crippen LogP) is 4.47. The van der Waals surface area contributed by atoms with Gasteiger partial charge in [-0.1, -0.05) is 50.6 Å². The third-order valence-corrected chi connectivity index (χ3v) is 8.59. The van der Waals surface area contributed by atoms with Crippen LogP contribution in [0.4, 0.5) is 0 Å². The maximum Gasteiger partial charge on any atom is 0.192 e. The van der Waals surface area contributed by atoms with Crippen LogP contribution < -0.4 is 0 Å². The number of hydrogen-bond acceptors (Lipinski definition) is 2. The van der Waals surface area contributed by atoms with Gasteiger partial charge in [0.15, 0.2) is 14.1 Å². The number of carbonyl (C=O) groups excluding carboxylic acids is 1. The molecule has 0 spiro atoms. The molecule has 1 rings (SSSR count). The predicted molar refractivity (Wildman–Crippen MR) is 83.3 cm³/mol. The second kappa shape index (κ2) is 6.20. The molecule has 0 heterocycles. The van der Waals surface area contributed by atoms with Crippen molar-refractivity contribution in [3.8, 4) is 0 Å². The lowest BCUT2D eigenvalue weighted by atomic mass is 10.1. The Kier molecular flexibility index (Phi) is 5.36. The Morgan fingerprint density at radius 1 is 1.26 bits per heavy atom. The van der Waals surface area contributed by atoms with E-state index in [2.05, 4.69) is 33.9 Å². The third kappa shape index (κ3) is 4.75. The molecule has 0 radical (unpaired) electrons. The normalized spacial score (nSPS) is 12.5. The molecule has 19 heavy (non-hydrogen) atoms. The molecule has 0 aliphatic heterocycles. The largest absolute Gasteiger partial charge is 0.410 e. The molecule has 0 aliphatic carbocycles. The maximum atomic E-state index is 12.0. The van der Waals surface area contributed by atoms with Gasteiger partial charge in [-0.25, -0.2) is 0 Å². The fraction of sp³-hybridized carbons (Fsp3) is 0.533. The van der Waals surface area contributed by atoms with Crippen LogP contribution >= 0.6 is 11.6 Å². The summed E-state index contributed by atoms with van der Waals surface area (Å²) >= 11 is 6.05. The van der Waals surface area contributed by atoms with Crippen molar-refractivity contribution in [2.45, 2.75) is 45.3 Å². The van der Waals surface area contributed by atoms with Crippen molar-refractivity contribution in [2.75, 3.05) is 6.61 Å². The molecule has 0 saturated carbocycles. The van der Waals surface area contributed by atoms with Crippen LogP contribution in [0.2, 0.25) is 23.2 Å². The van der Waals surface area contributed by atoms with Gasteiger partial charge >= 0.3 is 0 Å². The van der Waals surface area contributed by atoms with Crippen molar-refractivity contribution >= 4 is 25.7 Å². The van der Waals surface area contributed by atoms with Gasteiger partial charge in [0, 0.05) is 11.4 Å². The smallest absolute Gasteiger partial charge is 0.192 e. The van der Waals surface area contributed by atoms with E-state index < -0.39 is 8.32 Å². The van der Waals surface area contributed by atoms with Crippen molar-refractivity contribution in [3.63, 3.8) is 0 Å². The van der Waals surface area contributed by atoms with Crippen molar-refractivity contribution < 1.29 is 9.22 Å². The molecule has 4 heteroatoms. The van der Waals surface area contributed by atoms with Gasteiger partial charge in [-0.2, -0.15) is 0 Å². The standard InChI is InChI=1S/C15H23ClO2Si/c1-15(2,3)19(4,5)18-11-13(17)10-12-8-6-7-9-14(12)16/h6-9H,10-11H2,1-5H3. The molecule has 2 nitrogen and oxygen atoms in total. The van der Waals surface area contributed by atoms with Crippen molar-refractivity contribution in [2.24, 2.45) is 0 Å². The van der Waals surface area contributed by atoms with Crippen LogP contribution in [0.3, 0.4) is 0 Å². The monoisotopic (exact) mass is 298 g/mol. The fourth-order valence-electron chi connectivity index (χ4n) is 1.38. The zero-order valence-electron chi connectivity index (χ0n) is 12.4. The lowest BCUT2D eigenvalue weighted by Gasteiger charge is -2.35. The molecular weight excluding hydrogens is 276 g/mol. The molecule has 1 aromatic carbocycles. The van der Waals surface area contributed by atoms with Crippen molar-refractivity contribution in [1.82, 2.24) is 0 Å². The molecule has 1 aromatic rings. The summed E-state index contributed by atoms with van der Waals surface area (Å²) < 4.78 is 5.91. The topological polar surface area (TPSA) is 26.3 Å². The number of ketones is 1. The molecule has 0 aromatic heterocycles. The van der Waals surface area contributed by atoms with E-state index in [-0.39, 0.29) is 17.4 Å². The van der Waals surface area contributed by atoms with E-state index in [0.717, 1.165) is 5.56 Å². The summed E-state index contributed by atoms with van der Waals surface area (Å²) in [4.78, 5) is 12.0. The highest BCUT2D eigenvalue weighted by Gasteiger charge is 2.37. The Balaban J connectivity index is 2.56. The first-order valence-electron chi connectivity index (χ1n) is 6.52. The van der Waals surface area contributed by atoms with Gasteiger partial charge in [0.2, 0.25) is 0 Å². The van der Waals surface area contributed by atoms with E-state index in [9.17, 15) is 4.79 Å². The Hall–Kier alpha value is -0.643. The second-order valence-electron chi connectivity index (χ2n) is 6.36. The number of rotatable bonds is 5. The first-order valence-corrected chi connectivity index (χ1v) is 9.81. The first kappa shape index (κ1) is 16.4. The van der Waals surface area contributed by atoms with E-state index in [1.165, 1.54) is 0 Å². The summed E-state index contributed by atoms with van der Waals surface area (Å²) in [6.07, 6.45) is 0.342. The van der Waals surface area contributed by atoms with Crippen LogP contribution in [0, 0.1) is 0 Å². The number of hydrogen-bond donors (Lipinski definition) is 0. The van der Waals surface area contributed by atoms with E-state index in [4.69, 9.17) is 16.0 Å². The zero-order chi connectivity index (χ0) is 14.7. The van der Waals surface area contributed by atoms with E-state index >= 15 is 0 Å². The third-order valence-electron chi connectivity index (χ3n) is 3.75. The number of halogens is 1. The molecule has 106 valence electrons. The van der Waals surface area contributed by atoms with E-state index in [1.807, 2.05) is 18.2 Å². The van der Waals surface area contributed by atoms with Crippen LogP contribution in [-0.4, -0.2) is 20.7 Å². The fourth-order valence-corrected chi connectivity index (χ4v) is 2.54. The molecule has 0 amide bonds. The minimum Gasteiger partial charge on any atom is -0.410 e. The summed E-state index contributed by atoms with van der Waals surface area (Å²) in [5.41, 5.74) is 0.869. The lowest BCUT2D eigenvalue weighted by Crippen LogP contribution is -2.42. The molecular formula is C15H23ClO2Si.